The van der Waals surface area contributed by atoms with E-state index in [1.54, 1.807) is 4.90 Å². The van der Waals surface area contributed by atoms with Crippen molar-refractivity contribution in [3.8, 4) is 0 Å². The summed E-state index contributed by atoms with van der Waals surface area (Å²) < 4.78 is 7.62. The first kappa shape index (κ1) is 22.4. The van der Waals surface area contributed by atoms with Crippen molar-refractivity contribution < 1.29 is 9.53 Å². The van der Waals surface area contributed by atoms with E-state index in [0.29, 0.717) is 26.3 Å². The number of thioether (sulfide) groups is 1. The topological polar surface area (TPSA) is 63.5 Å². The number of carbonyl (C=O) groups is 1. The molecule has 1 atom stereocenters. The molecule has 0 radical (unpaired) electrons. The molecular weight excluding hydrogens is 422 g/mol. The Kier molecular flexibility index (Phi) is 7.44. The summed E-state index contributed by atoms with van der Waals surface area (Å²) in [5.74, 6) is 0.901. The van der Waals surface area contributed by atoms with Gasteiger partial charge in [-0.25, -0.2) is 0 Å². The summed E-state index contributed by atoms with van der Waals surface area (Å²) >= 11 is 1.46. The predicted molar refractivity (Wildman–Crippen MR) is 127 cm³/mol. The van der Waals surface area contributed by atoms with Crippen molar-refractivity contribution in [2.75, 3.05) is 38.3 Å². The standard InChI is InChI=1S/C24H29N5O2S/c1-19(22(30)27(2)17-20-9-5-3-6-10-20)32-24-26-25-23(28-13-15-31-16-14-28)29(24)18-21-11-7-4-8-12-21/h3-12,19H,13-18H2,1-2H3. The van der Waals surface area contributed by atoms with Crippen LogP contribution in [0.15, 0.2) is 65.8 Å². The van der Waals surface area contributed by atoms with Gasteiger partial charge in [0.15, 0.2) is 5.16 Å². The van der Waals surface area contributed by atoms with Crippen molar-refractivity contribution in [1.82, 2.24) is 19.7 Å². The molecule has 3 aromatic rings. The first-order chi connectivity index (χ1) is 15.6. The van der Waals surface area contributed by atoms with Gasteiger partial charge in [-0.2, -0.15) is 0 Å². The first-order valence-corrected chi connectivity index (χ1v) is 11.7. The van der Waals surface area contributed by atoms with Crippen molar-refractivity contribution in [2.24, 2.45) is 0 Å². The lowest BCUT2D eigenvalue weighted by molar-refractivity contribution is -0.129. The van der Waals surface area contributed by atoms with E-state index >= 15 is 0 Å². The molecule has 1 aliphatic heterocycles. The Morgan fingerprint density at radius 2 is 1.66 bits per heavy atom. The maximum atomic E-state index is 13.1. The number of hydrogen-bond donors (Lipinski definition) is 0. The quantitative estimate of drug-likeness (QED) is 0.490. The summed E-state index contributed by atoms with van der Waals surface area (Å²) in [6.45, 7) is 6.10. The number of ether oxygens (including phenoxy) is 1. The van der Waals surface area contributed by atoms with Crippen LogP contribution in [0.25, 0.3) is 0 Å². The number of amides is 1. The normalized spacial score (nSPS) is 14.9. The molecule has 1 aliphatic rings. The van der Waals surface area contributed by atoms with Gasteiger partial charge in [0.1, 0.15) is 0 Å². The van der Waals surface area contributed by atoms with Crippen molar-refractivity contribution >= 4 is 23.6 Å². The van der Waals surface area contributed by atoms with Gasteiger partial charge in [-0.1, -0.05) is 72.4 Å². The van der Waals surface area contributed by atoms with E-state index in [1.807, 2.05) is 62.5 Å². The molecule has 168 valence electrons. The number of hydrogen-bond acceptors (Lipinski definition) is 6. The second-order valence-corrected chi connectivity index (χ2v) is 9.20. The third-order valence-corrected chi connectivity index (χ3v) is 6.51. The van der Waals surface area contributed by atoms with E-state index in [0.717, 1.165) is 29.8 Å². The number of morpholine rings is 1. The van der Waals surface area contributed by atoms with Crippen LogP contribution in [0.3, 0.4) is 0 Å². The lowest BCUT2D eigenvalue weighted by atomic mass is 10.2. The summed E-state index contributed by atoms with van der Waals surface area (Å²) in [6.07, 6.45) is 0. The van der Waals surface area contributed by atoms with E-state index in [-0.39, 0.29) is 11.2 Å². The number of aromatic nitrogens is 3. The fourth-order valence-electron chi connectivity index (χ4n) is 3.72. The Bertz CT molecular complexity index is 1010. The fraction of sp³-hybridized carbons (Fsp3) is 0.375. The number of nitrogens with zero attached hydrogens (tertiary/aromatic N) is 5. The van der Waals surface area contributed by atoms with Crippen LogP contribution < -0.4 is 4.90 Å². The van der Waals surface area contributed by atoms with Gasteiger partial charge >= 0.3 is 0 Å². The summed E-state index contributed by atoms with van der Waals surface area (Å²) in [5, 5.41) is 9.45. The Balaban J connectivity index is 1.51. The monoisotopic (exact) mass is 451 g/mol. The molecule has 2 heterocycles. The van der Waals surface area contributed by atoms with Crippen molar-refractivity contribution in [3.05, 3.63) is 71.8 Å². The molecular formula is C24H29N5O2S. The second-order valence-electron chi connectivity index (χ2n) is 7.89. The summed E-state index contributed by atoms with van der Waals surface area (Å²) in [6, 6.07) is 20.3. The minimum atomic E-state index is -0.278. The van der Waals surface area contributed by atoms with Crippen LogP contribution in [0, 0.1) is 0 Å². The molecule has 0 spiro atoms. The number of anilines is 1. The van der Waals surface area contributed by atoms with Gasteiger partial charge in [0.25, 0.3) is 0 Å². The smallest absolute Gasteiger partial charge is 0.235 e. The van der Waals surface area contributed by atoms with Gasteiger partial charge in [-0.15, -0.1) is 10.2 Å². The molecule has 2 aromatic carbocycles. The summed E-state index contributed by atoms with van der Waals surface area (Å²) in [4.78, 5) is 17.0. The Labute approximate surface area is 193 Å². The highest BCUT2D eigenvalue weighted by Crippen LogP contribution is 2.28. The predicted octanol–water partition coefficient (Wildman–Crippen LogP) is 3.30. The average molecular weight is 452 g/mol. The molecule has 1 unspecified atom stereocenters. The number of carbonyl (C=O) groups excluding carboxylic acids is 1. The zero-order valence-electron chi connectivity index (χ0n) is 18.6. The Hall–Kier alpha value is -2.84. The van der Waals surface area contributed by atoms with E-state index in [1.165, 1.54) is 17.3 Å². The van der Waals surface area contributed by atoms with Crippen LogP contribution in [-0.2, 0) is 22.6 Å². The van der Waals surface area contributed by atoms with Crippen LogP contribution in [0.2, 0.25) is 0 Å². The molecule has 32 heavy (non-hydrogen) atoms. The molecule has 0 bridgehead atoms. The molecule has 1 amide bonds. The van der Waals surface area contributed by atoms with Crippen LogP contribution in [0.5, 0.6) is 0 Å². The third-order valence-electron chi connectivity index (χ3n) is 5.44. The molecule has 7 nitrogen and oxygen atoms in total. The average Bonchev–Trinajstić information content (AvgIpc) is 3.22. The highest BCUT2D eigenvalue weighted by molar-refractivity contribution is 8.00. The van der Waals surface area contributed by atoms with Crippen LogP contribution in [-0.4, -0.2) is 64.2 Å². The van der Waals surface area contributed by atoms with Crippen molar-refractivity contribution in [1.29, 1.82) is 0 Å². The van der Waals surface area contributed by atoms with Crippen molar-refractivity contribution in [2.45, 2.75) is 30.4 Å². The van der Waals surface area contributed by atoms with Gasteiger partial charge in [-0.05, 0) is 18.1 Å². The van der Waals surface area contributed by atoms with Crippen molar-refractivity contribution in [3.63, 3.8) is 0 Å². The fourth-order valence-corrected chi connectivity index (χ4v) is 4.68. The van der Waals surface area contributed by atoms with Crippen LogP contribution in [0.1, 0.15) is 18.1 Å². The summed E-state index contributed by atoms with van der Waals surface area (Å²) in [7, 11) is 1.85. The van der Waals surface area contributed by atoms with Gasteiger partial charge in [0.05, 0.1) is 25.0 Å². The minimum Gasteiger partial charge on any atom is -0.378 e. The molecule has 0 N–H and O–H groups in total. The lowest BCUT2D eigenvalue weighted by Crippen LogP contribution is -2.38. The highest BCUT2D eigenvalue weighted by atomic mass is 32.2. The molecule has 1 fully saturated rings. The lowest BCUT2D eigenvalue weighted by Gasteiger charge is -2.28. The van der Waals surface area contributed by atoms with E-state index < -0.39 is 0 Å². The van der Waals surface area contributed by atoms with Gasteiger partial charge < -0.3 is 14.5 Å². The molecule has 0 saturated carbocycles. The van der Waals surface area contributed by atoms with Crippen LogP contribution >= 0.6 is 11.8 Å². The van der Waals surface area contributed by atoms with Gasteiger partial charge in [-0.3, -0.25) is 9.36 Å². The molecule has 4 rings (SSSR count). The third kappa shape index (κ3) is 5.49. The molecule has 1 saturated heterocycles. The minimum absolute atomic E-state index is 0.0704. The maximum absolute atomic E-state index is 13.1. The number of rotatable bonds is 8. The Morgan fingerprint density at radius 3 is 2.31 bits per heavy atom. The zero-order chi connectivity index (χ0) is 22.3. The molecule has 0 aliphatic carbocycles. The van der Waals surface area contributed by atoms with Gasteiger partial charge in [0, 0.05) is 26.7 Å². The summed E-state index contributed by atoms with van der Waals surface area (Å²) in [5.41, 5.74) is 2.28. The molecule has 8 heteroatoms. The Morgan fingerprint density at radius 1 is 1.03 bits per heavy atom. The SMILES string of the molecule is CC(Sc1nnc(N2CCOCC2)n1Cc1ccccc1)C(=O)N(C)Cc1ccccc1. The molecule has 1 aromatic heterocycles. The van der Waals surface area contributed by atoms with E-state index in [9.17, 15) is 4.79 Å². The number of benzene rings is 2. The second kappa shape index (κ2) is 10.7. The van der Waals surface area contributed by atoms with Gasteiger partial charge in [0.2, 0.25) is 11.9 Å². The van der Waals surface area contributed by atoms with E-state index in [2.05, 4.69) is 31.8 Å². The van der Waals surface area contributed by atoms with Crippen LogP contribution in [0.4, 0.5) is 5.95 Å². The first-order valence-electron chi connectivity index (χ1n) is 10.9. The zero-order valence-corrected chi connectivity index (χ0v) is 19.4. The highest BCUT2D eigenvalue weighted by Gasteiger charge is 2.25. The largest absolute Gasteiger partial charge is 0.378 e. The van der Waals surface area contributed by atoms with E-state index in [4.69, 9.17) is 4.74 Å². The maximum Gasteiger partial charge on any atom is 0.235 e.